The quantitative estimate of drug-likeness (QED) is 0.706. The highest BCUT2D eigenvalue weighted by atomic mass is 15.2. The van der Waals surface area contributed by atoms with E-state index >= 15 is 0 Å². The summed E-state index contributed by atoms with van der Waals surface area (Å²) in [6.07, 6.45) is 9.88. The minimum absolute atomic E-state index is 0.716. The molecule has 18 heavy (non-hydrogen) atoms. The number of nitrogens with zero attached hydrogens (tertiary/aromatic N) is 2. The van der Waals surface area contributed by atoms with Gasteiger partial charge in [0.15, 0.2) is 7.98 Å². The Morgan fingerprint density at radius 2 is 1.56 bits per heavy atom. The lowest BCUT2D eigenvalue weighted by Crippen LogP contribution is -2.48. The van der Waals surface area contributed by atoms with Gasteiger partial charge in [-0.3, -0.25) is 0 Å². The molecular formula is C15H31BN2. The molecule has 2 aliphatic heterocycles. The molecule has 0 amide bonds. The molecule has 2 rings (SSSR count). The van der Waals surface area contributed by atoms with Crippen LogP contribution in [0.3, 0.4) is 0 Å². The van der Waals surface area contributed by atoms with Gasteiger partial charge in [0.05, 0.1) is 0 Å². The summed E-state index contributed by atoms with van der Waals surface area (Å²) in [5, 5.41) is 0. The van der Waals surface area contributed by atoms with Crippen LogP contribution in [0.1, 0.15) is 58.8 Å². The van der Waals surface area contributed by atoms with Gasteiger partial charge in [-0.05, 0) is 70.1 Å². The summed E-state index contributed by atoms with van der Waals surface area (Å²) in [4.78, 5) is 5.29. The number of rotatable bonds is 4. The van der Waals surface area contributed by atoms with E-state index in [1.165, 1.54) is 71.1 Å². The van der Waals surface area contributed by atoms with Crippen LogP contribution in [0, 0.1) is 5.41 Å². The molecule has 0 bridgehead atoms. The van der Waals surface area contributed by atoms with Crippen molar-refractivity contribution in [3.63, 3.8) is 0 Å². The molecular weight excluding hydrogens is 219 g/mol. The zero-order valence-electron chi connectivity index (χ0n) is 12.7. The summed E-state index contributed by atoms with van der Waals surface area (Å²) in [6, 6.07) is 0.860. The van der Waals surface area contributed by atoms with Crippen LogP contribution >= 0.6 is 0 Å². The van der Waals surface area contributed by atoms with Crippen LogP contribution in [0.25, 0.3) is 0 Å². The Bertz CT molecular complexity index is 239. The Hall–Kier alpha value is -0.0151. The van der Waals surface area contributed by atoms with Gasteiger partial charge in [0, 0.05) is 6.04 Å². The average molecular weight is 250 g/mol. The summed E-state index contributed by atoms with van der Waals surface area (Å²) in [5.74, 6) is 0. The maximum atomic E-state index is 2.78. The molecule has 0 saturated carbocycles. The molecule has 1 spiro atoms. The number of piperidine rings is 2. The van der Waals surface area contributed by atoms with Gasteiger partial charge in [-0.25, -0.2) is 0 Å². The monoisotopic (exact) mass is 250 g/mol. The standard InChI is InChI=1S/C15H31BN2/c1-3-5-14(4-2)17-10-6-15(7-11-17)8-12-18(16)13-9-15/h14H,3-13,16H2,1-2H3. The molecule has 0 N–H and O–H groups in total. The van der Waals surface area contributed by atoms with Crippen LogP contribution in [-0.4, -0.2) is 49.9 Å². The highest BCUT2D eigenvalue weighted by molar-refractivity contribution is 6.04. The summed E-state index contributed by atoms with van der Waals surface area (Å²) in [7, 11) is 2.27. The Morgan fingerprint density at radius 3 is 2.06 bits per heavy atom. The van der Waals surface area contributed by atoms with Crippen molar-refractivity contribution in [2.45, 2.75) is 64.8 Å². The predicted molar refractivity (Wildman–Crippen MR) is 81.6 cm³/mol. The third-order valence-electron chi connectivity index (χ3n) is 5.52. The van der Waals surface area contributed by atoms with Gasteiger partial charge in [-0.2, -0.15) is 0 Å². The first-order valence-electron chi connectivity index (χ1n) is 8.12. The SMILES string of the molecule is BN1CCC2(CC1)CCN(C(CC)CCC)CC2. The van der Waals surface area contributed by atoms with Crippen molar-refractivity contribution in [1.29, 1.82) is 0 Å². The van der Waals surface area contributed by atoms with Crippen LogP contribution in [-0.2, 0) is 0 Å². The molecule has 104 valence electrons. The minimum atomic E-state index is 0.716. The Balaban J connectivity index is 1.83. The topological polar surface area (TPSA) is 6.48 Å². The first kappa shape index (κ1) is 14.4. The van der Waals surface area contributed by atoms with E-state index in [0.29, 0.717) is 5.41 Å². The maximum Gasteiger partial charge on any atom is 0.185 e. The first-order chi connectivity index (χ1) is 8.69. The van der Waals surface area contributed by atoms with Crippen LogP contribution in [0.2, 0.25) is 0 Å². The zero-order chi connectivity index (χ0) is 13.0. The van der Waals surface area contributed by atoms with E-state index in [-0.39, 0.29) is 0 Å². The van der Waals surface area contributed by atoms with Gasteiger partial charge in [0.25, 0.3) is 0 Å². The van der Waals surface area contributed by atoms with E-state index in [0.717, 1.165) is 6.04 Å². The van der Waals surface area contributed by atoms with Crippen molar-refractivity contribution in [3.8, 4) is 0 Å². The Morgan fingerprint density at radius 1 is 1.00 bits per heavy atom. The van der Waals surface area contributed by atoms with Gasteiger partial charge in [-0.1, -0.05) is 20.3 Å². The van der Waals surface area contributed by atoms with E-state index in [4.69, 9.17) is 0 Å². The minimum Gasteiger partial charge on any atom is -0.349 e. The summed E-state index contributed by atoms with van der Waals surface area (Å²) in [6.45, 7) is 10.1. The fourth-order valence-electron chi connectivity index (χ4n) is 3.93. The van der Waals surface area contributed by atoms with Crippen molar-refractivity contribution in [2.24, 2.45) is 5.41 Å². The van der Waals surface area contributed by atoms with Crippen LogP contribution in [0.5, 0.6) is 0 Å². The smallest absolute Gasteiger partial charge is 0.185 e. The van der Waals surface area contributed by atoms with Crippen molar-refractivity contribution in [3.05, 3.63) is 0 Å². The van der Waals surface area contributed by atoms with Gasteiger partial charge >= 0.3 is 0 Å². The molecule has 0 radical (unpaired) electrons. The first-order valence-corrected chi connectivity index (χ1v) is 8.12. The fraction of sp³-hybridized carbons (Fsp3) is 1.00. The highest BCUT2D eigenvalue weighted by Gasteiger charge is 2.37. The lowest BCUT2D eigenvalue weighted by atomic mass is 9.70. The van der Waals surface area contributed by atoms with Crippen LogP contribution in [0.4, 0.5) is 0 Å². The van der Waals surface area contributed by atoms with E-state index in [1.807, 2.05) is 0 Å². The second-order valence-electron chi connectivity index (χ2n) is 6.69. The lowest BCUT2D eigenvalue weighted by Gasteiger charge is -2.48. The van der Waals surface area contributed by atoms with Gasteiger partial charge < -0.3 is 9.71 Å². The van der Waals surface area contributed by atoms with E-state index in [2.05, 4.69) is 31.5 Å². The average Bonchev–Trinajstić information content (AvgIpc) is 2.41. The molecule has 3 heteroatoms. The molecule has 0 aromatic heterocycles. The molecule has 1 atom stereocenters. The van der Waals surface area contributed by atoms with Gasteiger partial charge in [0.2, 0.25) is 0 Å². The molecule has 2 heterocycles. The molecule has 0 aliphatic carbocycles. The number of hydrogen-bond donors (Lipinski definition) is 0. The van der Waals surface area contributed by atoms with E-state index < -0.39 is 0 Å². The molecule has 1 unspecified atom stereocenters. The molecule has 2 saturated heterocycles. The second-order valence-corrected chi connectivity index (χ2v) is 6.69. The summed E-state index contributed by atoms with van der Waals surface area (Å²) in [5.41, 5.74) is 0.716. The van der Waals surface area contributed by atoms with Crippen LogP contribution in [0.15, 0.2) is 0 Å². The summed E-state index contributed by atoms with van der Waals surface area (Å²) >= 11 is 0. The molecule has 2 fully saturated rings. The number of hydrogen-bond acceptors (Lipinski definition) is 2. The summed E-state index contributed by atoms with van der Waals surface area (Å²) < 4.78 is 0. The lowest BCUT2D eigenvalue weighted by molar-refractivity contribution is 0.0336. The second kappa shape index (κ2) is 6.43. The third kappa shape index (κ3) is 3.30. The van der Waals surface area contributed by atoms with Crippen molar-refractivity contribution in [1.82, 2.24) is 9.71 Å². The maximum absolute atomic E-state index is 2.78. The van der Waals surface area contributed by atoms with Crippen LogP contribution < -0.4 is 0 Å². The third-order valence-corrected chi connectivity index (χ3v) is 5.52. The van der Waals surface area contributed by atoms with E-state index in [1.54, 1.807) is 0 Å². The Labute approximate surface area is 115 Å². The molecule has 2 nitrogen and oxygen atoms in total. The molecule has 2 aliphatic rings. The van der Waals surface area contributed by atoms with Crippen molar-refractivity contribution in [2.75, 3.05) is 26.2 Å². The Kier molecular flexibility index (Phi) is 5.14. The van der Waals surface area contributed by atoms with Gasteiger partial charge in [-0.15, -0.1) is 0 Å². The van der Waals surface area contributed by atoms with Crippen molar-refractivity contribution >= 4 is 7.98 Å². The van der Waals surface area contributed by atoms with Crippen molar-refractivity contribution < 1.29 is 0 Å². The highest BCUT2D eigenvalue weighted by Crippen LogP contribution is 2.41. The fourth-order valence-corrected chi connectivity index (χ4v) is 3.93. The van der Waals surface area contributed by atoms with E-state index in [9.17, 15) is 0 Å². The molecule has 0 aromatic rings. The van der Waals surface area contributed by atoms with Gasteiger partial charge in [0.1, 0.15) is 0 Å². The largest absolute Gasteiger partial charge is 0.349 e. The number of likely N-dealkylation sites (tertiary alicyclic amines) is 1. The molecule has 0 aromatic carbocycles. The zero-order valence-corrected chi connectivity index (χ0v) is 12.7. The normalized spacial score (nSPS) is 27.4. The predicted octanol–water partition coefficient (Wildman–Crippen LogP) is 2.29.